The number of rotatable bonds is 5. The van der Waals surface area contributed by atoms with E-state index in [4.69, 9.17) is 4.52 Å². The SMILES string of the molecule is CNC(C)CCc1nc(-c2ccc(Br)cc2)no1. The Morgan fingerprint density at radius 1 is 1.33 bits per heavy atom. The van der Waals surface area contributed by atoms with Gasteiger partial charge in [-0.25, -0.2) is 0 Å². The number of aromatic nitrogens is 2. The molecule has 1 atom stereocenters. The Morgan fingerprint density at radius 3 is 2.72 bits per heavy atom. The molecule has 0 saturated carbocycles. The van der Waals surface area contributed by atoms with Crippen LogP contribution in [-0.2, 0) is 6.42 Å². The Morgan fingerprint density at radius 2 is 2.06 bits per heavy atom. The van der Waals surface area contributed by atoms with Crippen molar-refractivity contribution >= 4 is 15.9 Å². The van der Waals surface area contributed by atoms with Crippen molar-refractivity contribution in [3.63, 3.8) is 0 Å². The van der Waals surface area contributed by atoms with Gasteiger partial charge in [-0.2, -0.15) is 4.98 Å². The van der Waals surface area contributed by atoms with Gasteiger partial charge in [-0.1, -0.05) is 21.1 Å². The lowest BCUT2D eigenvalue weighted by molar-refractivity contribution is 0.369. The van der Waals surface area contributed by atoms with Crippen LogP contribution in [0.2, 0.25) is 0 Å². The largest absolute Gasteiger partial charge is 0.339 e. The van der Waals surface area contributed by atoms with E-state index in [0.717, 1.165) is 22.9 Å². The second-order valence-corrected chi connectivity index (χ2v) is 5.16. The molecule has 2 rings (SSSR count). The average molecular weight is 310 g/mol. The Kier molecular flexibility index (Phi) is 4.49. The van der Waals surface area contributed by atoms with Gasteiger partial charge in [0.2, 0.25) is 11.7 Å². The van der Waals surface area contributed by atoms with Crippen LogP contribution in [0.25, 0.3) is 11.4 Å². The van der Waals surface area contributed by atoms with Crippen molar-refractivity contribution in [1.82, 2.24) is 15.5 Å². The van der Waals surface area contributed by atoms with E-state index in [1.165, 1.54) is 0 Å². The van der Waals surface area contributed by atoms with Crippen molar-refractivity contribution < 1.29 is 4.52 Å². The summed E-state index contributed by atoms with van der Waals surface area (Å²) in [5.74, 6) is 1.34. The van der Waals surface area contributed by atoms with Crippen LogP contribution < -0.4 is 5.32 Å². The Bertz CT molecular complexity index is 495. The number of nitrogens with one attached hydrogen (secondary N) is 1. The zero-order valence-corrected chi connectivity index (χ0v) is 12.1. The Hall–Kier alpha value is -1.20. The molecule has 0 spiro atoms. The average Bonchev–Trinajstić information content (AvgIpc) is 2.85. The molecule has 1 N–H and O–H groups in total. The smallest absolute Gasteiger partial charge is 0.227 e. The van der Waals surface area contributed by atoms with Crippen LogP contribution in [0.4, 0.5) is 0 Å². The highest BCUT2D eigenvalue weighted by molar-refractivity contribution is 9.10. The molecular weight excluding hydrogens is 294 g/mol. The number of hydrogen-bond acceptors (Lipinski definition) is 4. The second-order valence-electron chi connectivity index (χ2n) is 4.25. The van der Waals surface area contributed by atoms with Crippen LogP contribution in [0.15, 0.2) is 33.3 Å². The number of aryl methyl sites for hydroxylation is 1. The maximum atomic E-state index is 5.24. The van der Waals surface area contributed by atoms with E-state index < -0.39 is 0 Å². The molecular formula is C13H16BrN3O. The van der Waals surface area contributed by atoms with Crippen LogP contribution >= 0.6 is 15.9 Å². The fourth-order valence-corrected chi connectivity index (χ4v) is 1.82. The third-order valence-corrected chi connectivity index (χ3v) is 3.38. The minimum Gasteiger partial charge on any atom is -0.339 e. The fraction of sp³-hybridized carbons (Fsp3) is 0.385. The monoisotopic (exact) mass is 309 g/mol. The Labute approximate surface area is 115 Å². The second kappa shape index (κ2) is 6.11. The topological polar surface area (TPSA) is 51.0 Å². The van der Waals surface area contributed by atoms with Crippen molar-refractivity contribution in [2.24, 2.45) is 0 Å². The molecule has 18 heavy (non-hydrogen) atoms. The summed E-state index contributed by atoms with van der Waals surface area (Å²) >= 11 is 3.40. The van der Waals surface area contributed by atoms with Gasteiger partial charge in [-0.15, -0.1) is 0 Å². The summed E-state index contributed by atoms with van der Waals surface area (Å²) in [7, 11) is 1.95. The van der Waals surface area contributed by atoms with Crippen molar-refractivity contribution in [3.05, 3.63) is 34.6 Å². The number of benzene rings is 1. The summed E-state index contributed by atoms with van der Waals surface area (Å²) in [5, 5.41) is 7.18. The van der Waals surface area contributed by atoms with Gasteiger partial charge < -0.3 is 9.84 Å². The molecule has 1 unspecified atom stereocenters. The molecule has 0 radical (unpaired) electrons. The maximum absolute atomic E-state index is 5.24. The zero-order chi connectivity index (χ0) is 13.0. The summed E-state index contributed by atoms with van der Waals surface area (Å²) < 4.78 is 6.28. The lowest BCUT2D eigenvalue weighted by atomic mass is 10.2. The van der Waals surface area contributed by atoms with Gasteiger partial charge in [0, 0.05) is 22.5 Å². The summed E-state index contributed by atoms with van der Waals surface area (Å²) in [4.78, 5) is 4.40. The van der Waals surface area contributed by atoms with E-state index in [2.05, 4.69) is 38.3 Å². The molecule has 0 aliphatic carbocycles. The summed E-state index contributed by atoms with van der Waals surface area (Å²) in [6.07, 6.45) is 1.78. The molecule has 0 bridgehead atoms. The summed E-state index contributed by atoms with van der Waals surface area (Å²) in [5.41, 5.74) is 0.967. The van der Waals surface area contributed by atoms with Crippen LogP contribution in [-0.4, -0.2) is 23.2 Å². The van der Waals surface area contributed by atoms with E-state index in [1.54, 1.807) is 0 Å². The van der Waals surface area contributed by atoms with E-state index in [0.29, 0.717) is 17.8 Å². The lowest BCUT2D eigenvalue weighted by Crippen LogP contribution is -2.21. The van der Waals surface area contributed by atoms with Crippen molar-refractivity contribution in [2.45, 2.75) is 25.8 Å². The molecule has 1 aromatic heterocycles. The molecule has 4 nitrogen and oxygen atoms in total. The van der Waals surface area contributed by atoms with Crippen molar-refractivity contribution in [1.29, 1.82) is 0 Å². The summed E-state index contributed by atoms with van der Waals surface area (Å²) in [6.45, 7) is 2.13. The van der Waals surface area contributed by atoms with Gasteiger partial charge in [0.15, 0.2) is 0 Å². The van der Waals surface area contributed by atoms with Crippen LogP contribution in [0, 0.1) is 0 Å². The van der Waals surface area contributed by atoms with Gasteiger partial charge >= 0.3 is 0 Å². The standard InChI is InChI=1S/C13H16BrN3O/c1-9(15-2)3-8-12-16-13(17-18-12)10-4-6-11(14)7-5-10/h4-7,9,15H,3,8H2,1-2H3. The molecule has 1 heterocycles. The van der Waals surface area contributed by atoms with E-state index in [1.807, 2.05) is 31.3 Å². The molecule has 0 fully saturated rings. The van der Waals surface area contributed by atoms with Gasteiger partial charge in [0.05, 0.1) is 0 Å². The molecule has 0 aliphatic rings. The predicted molar refractivity (Wildman–Crippen MR) is 74.3 cm³/mol. The minimum atomic E-state index is 0.452. The van der Waals surface area contributed by atoms with Crippen molar-refractivity contribution in [3.8, 4) is 11.4 Å². The lowest BCUT2D eigenvalue weighted by Gasteiger charge is -2.06. The van der Waals surface area contributed by atoms with Gasteiger partial charge in [-0.05, 0) is 44.7 Å². The third kappa shape index (κ3) is 3.40. The van der Waals surface area contributed by atoms with Crippen LogP contribution in [0.3, 0.4) is 0 Å². The maximum Gasteiger partial charge on any atom is 0.227 e. The van der Waals surface area contributed by atoms with Crippen molar-refractivity contribution in [2.75, 3.05) is 7.05 Å². The Balaban J connectivity index is 2.03. The van der Waals surface area contributed by atoms with Crippen LogP contribution in [0.5, 0.6) is 0 Å². The van der Waals surface area contributed by atoms with Gasteiger partial charge in [0.1, 0.15) is 0 Å². The first-order valence-electron chi connectivity index (χ1n) is 5.95. The molecule has 0 saturated heterocycles. The first-order chi connectivity index (χ1) is 8.69. The highest BCUT2D eigenvalue weighted by Crippen LogP contribution is 2.19. The van der Waals surface area contributed by atoms with Gasteiger partial charge in [-0.3, -0.25) is 0 Å². The molecule has 0 aliphatic heterocycles. The highest BCUT2D eigenvalue weighted by Gasteiger charge is 2.09. The number of halogens is 1. The number of nitrogens with zero attached hydrogens (tertiary/aromatic N) is 2. The normalized spacial score (nSPS) is 12.6. The minimum absolute atomic E-state index is 0.452. The molecule has 0 amide bonds. The van der Waals surface area contributed by atoms with Gasteiger partial charge in [0.25, 0.3) is 0 Å². The first kappa shape index (κ1) is 13.2. The quantitative estimate of drug-likeness (QED) is 0.922. The van der Waals surface area contributed by atoms with Crippen LogP contribution in [0.1, 0.15) is 19.2 Å². The van der Waals surface area contributed by atoms with E-state index >= 15 is 0 Å². The zero-order valence-electron chi connectivity index (χ0n) is 10.5. The number of hydrogen-bond donors (Lipinski definition) is 1. The first-order valence-corrected chi connectivity index (χ1v) is 6.74. The van der Waals surface area contributed by atoms with E-state index in [9.17, 15) is 0 Å². The predicted octanol–water partition coefficient (Wildman–Crippen LogP) is 3.04. The molecule has 1 aromatic carbocycles. The highest BCUT2D eigenvalue weighted by atomic mass is 79.9. The molecule has 2 aromatic rings. The molecule has 5 heteroatoms. The third-order valence-electron chi connectivity index (χ3n) is 2.85. The summed E-state index contributed by atoms with van der Waals surface area (Å²) in [6, 6.07) is 8.32. The molecule has 96 valence electrons. The fourth-order valence-electron chi connectivity index (χ4n) is 1.56. The van der Waals surface area contributed by atoms with E-state index in [-0.39, 0.29) is 0 Å².